The van der Waals surface area contributed by atoms with Crippen molar-refractivity contribution in [2.75, 3.05) is 13.1 Å². The molecule has 0 bridgehead atoms. The Hall–Kier alpha value is -2.72. The molecule has 1 amide bonds. The Labute approximate surface area is 173 Å². The maximum atomic E-state index is 12.4. The minimum Gasteiger partial charge on any atom is -0.352 e. The largest absolute Gasteiger partial charge is 0.352 e. The van der Waals surface area contributed by atoms with Crippen molar-refractivity contribution in [2.45, 2.75) is 45.2 Å². The van der Waals surface area contributed by atoms with Crippen LogP contribution in [0.1, 0.15) is 42.4 Å². The number of carbonyl (C=O) groups excluding carboxylic acids is 1. The lowest BCUT2D eigenvalue weighted by atomic mass is 10.1. The third kappa shape index (κ3) is 5.42. The summed E-state index contributed by atoms with van der Waals surface area (Å²) in [5.74, 6) is 0.0248. The minimum absolute atomic E-state index is 0.0248. The normalized spacial score (nSPS) is 15.2. The Morgan fingerprint density at radius 2 is 1.62 bits per heavy atom. The van der Waals surface area contributed by atoms with Crippen LogP contribution in [0.4, 0.5) is 0 Å². The number of pyridine rings is 1. The van der Waals surface area contributed by atoms with Crippen LogP contribution in [-0.4, -0.2) is 28.9 Å². The van der Waals surface area contributed by atoms with Crippen LogP contribution in [0.25, 0.3) is 10.9 Å². The molecule has 1 saturated heterocycles. The third-order valence-electron chi connectivity index (χ3n) is 5.68. The Bertz CT molecular complexity index is 938. The van der Waals surface area contributed by atoms with E-state index in [4.69, 9.17) is 0 Å². The molecule has 2 aromatic carbocycles. The molecule has 1 aromatic heterocycles. The fourth-order valence-electron chi connectivity index (χ4n) is 4.06. The van der Waals surface area contributed by atoms with E-state index in [-0.39, 0.29) is 5.91 Å². The van der Waals surface area contributed by atoms with E-state index in [1.807, 2.05) is 30.3 Å². The Morgan fingerprint density at radius 3 is 2.41 bits per heavy atom. The van der Waals surface area contributed by atoms with Crippen molar-refractivity contribution >= 4 is 16.8 Å². The van der Waals surface area contributed by atoms with E-state index in [9.17, 15) is 4.79 Å². The first-order valence-corrected chi connectivity index (χ1v) is 10.7. The van der Waals surface area contributed by atoms with Gasteiger partial charge in [0.25, 0.3) is 0 Å². The van der Waals surface area contributed by atoms with Gasteiger partial charge in [-0.3, -0.25) is 14.7 Å². The smallest absolute Gasteiger partial charge is 0.224 e. The van der Waals surface area contributed by atoms with E-state index in [1.165, 1.54) is 44.3 Å². The van der Waals surface area contributed by atoms with Crippen molar-refractivity contribution in [1.82, 2.24) is 15.2 Å². The van der Waals surface area contributed by atoms with E-state index in [0.717, 1.165) is 28.6 Å². The van der Waals surface area contributed by atoms with Gasteiger partial charge in [0.1, 0.15) is 0 Å². The van der Waals surface area contributed by atoms with Crippen LogP contribution < -0.4 is 5.32 Å². The van der Waals surface area contributed by atoms with Gasteiger partial charge in [0.05, 0.1) is 11.9 Å². The molecule has 0 aliphatic carbocycles. The first kappa shape index (κ1) is 19.6. The number of hydrogen-bond donors (Lipinski definition) is 1. The summed E-state index contributed by atoms with van der Waals surface area (Å²) in [6.07, 6.45) is 7.49. The van der Waals surface area contributed by atoms with Crippen LogP contribution in [0, 0.1) is 0 Å². The van der Waals surface area contributed by atoms with E-state index >= 15 is 0 Å². The van der Waals surface area contributed by atoms with Gasteiger partial charge in [0, 0.05) is 24.7 Å². The van der Waals surface area contributed by atoms with Crippen molar-refractivity contribution in [3.63, 3.8) is 0 Å². The van der Waals surface area contributed by atoms with Crippen LogP contribution in [0.5, 0.6) is 0 Å². The van der Waals surface area contributed by atoms with Crippen molar-refractivity contribution in [3.8, 4) is 0 Å². The zero-order valence-electron chi connectivity index (χ0n) is 16.9. The molecule has 1 N–H and O–H groups in total. The second kappa shape index (κ2) is 9.66. The van der Waals surface area contributed by atoms with Gasteiger partial charge in [-0.1, -0.05) is 61.4 Å². The molecule has 0 unspecified atom stereocenters. The molecule has 1 fully saturated rings. The Kier molecular flexibility index (Phi) is 6.52. The lowest BCUT2D eigenvalue weighted by molar-refractivity contribution is -0.120. The number of para-hydroxylation sites is 1. The van der Waals surface area contributed by atoms with Gasteiger partial charge in [-0.05, 0) is 48.7 Å². The van der Waals surface area contributed by atoms with Crippen molar-refractivity contribution < 1.29 is 4.79 Å². The van der Waals surface area contributed by atoms with E-state index in [2.05, 4.69) is 39.5 Å². The molecule has 3 aromatic rings. The van der Waals surface area contributed by atoms with Gasteiger partial charge in [0.15, 0.2) is 0 Å². The molecule has 150 valence electrons. The summed E-state index contributed by atoms with van der Waals surface area (Å²) in [5.41, 5.74) is 4.36. The molecule has 4 rings (SSSR count). The van der Waals surface area contributed by atoms with Crippen LogP contribution in [0.15, 0.2) is 60.8 Å². The summed E-state index contributed by atoms with van der Waals surface area (Å²) in [7, 11) is 0. The van der Waals surface area contributed by atoms with E-state index < -0.39 is 0 Å². The summed E-state index contributed by atoms with van der Waals surface area (Å²) in [6.45, 7) is 4.00. The molecule has 0 radical (unpaired) electrons. The van der Waals surface area contributed by atoms with Crippen molar-refractivity contribution in [3.05, 3.63) is 77.5 Å². The van der Waals surface area contributed by atoms with E-state index in [0.29, 0.717) is 13.0 Å². The maximum absolute atomic E-state index is 12.4. The molecule has 4 nitrogen and oxygen atoms in total. The average Bonchev–Trinajstić information content (AvgIpc) is 3.02. The Morgan fingerprint density at radius 1 is 0.897 bits per heavy atom. The van der Waals surface area contributed by atoms with Crippen molar-refractivity contribution in [2.24, 2.45) is 0 Å². The van der Waals surface area contributed by atoms with Gasteiger partial charge >= 0.3 is 0 Å². The highest BCUT2D eigenvalue weighted by Gasteiger charge is 2.10. The van der Waals surface area contributed by atoms with Gasteiger partial charge in [0.2, 0.25) is 5.91 Å². The summed E-state index contributed by atoms with van der Waals surface area (Å²) < 4.78 is 0. The maximum Gasteiger partial charge on any atom is 0.224 e. The molecule has 4 heteroatoms. The van der Waals surface area contributed by atoms with Gasteiger partial charge in [-0.25, -0.2) is 0 Å². The molecule has 0 saturated carbocycles. The number of aromatic nitrogens is 1. The lowest BCUT2D eigenvalue weighted by Gasteiger charge is -2.19. The molecular formula is C25H29N3O. The number of likely N-dealkylation sites (tertiary alicyclic amines) is 1. The van der Waals surface area contributed by atoms with E-state index in [1.54, 1.807) is 6.20 Å². The van der Waals surface area contributed by atoms with Crippen LogP contribution in [0.2, 0.25) is 0 Å². The summed E-state index contributed by atoms with van der Waals surface area (Å²) in [5, 5.41) is 4.11. The second-order valence-electron chi connectivity index (χ2n) is 7.95. The topological polar surface area (TPSA) is 45.2 Å². The zero-order chi connectivity index (χ0) is 19.9. The number of benzene rings is 2. The first-order chi connectivity index (χ1) is 14.3. The van der Waals surface area contributed by atoms with Crippen LogP contribution in [-0.2, 0) is 24.3 Å². The first-order valence-electron chi connectivity index (χ1n) is 10.7. The van der Waals surface area contributed by atoms with Crippen molar-refractivity contribution in [1.29, 1.82) is 0 Å². The highest BCUT2D eigenvalue weighted by atomic mass is 16.1. The number of amides is 1. The van der Waals surface area contributed by atoms with Crippen LogP contribution in [0.3, 0.4) is 0 Å². The van der Waals surface area contributed by atoms with Crippen LogP contribution >= 0.6 is 0 Å². The predicted octanol–water partition coefficient (Wildman–Crippen LogP) is 4.47. The molecule has 2 heterocycles. The minimum atomic E-state index is 0.0248. The Balaban J connectivity index is 1.30. The SMILES string of the molecule is O=C(Cc1cccc2cccnc12)NCc1ccc(CN2CCCCCC2)cc1. The molecule has 0 spiro atoms. The van der Waals surface area contributed by atoms with Gasteiger partial charge in [-0.2, -0.15) is 0 Å². The molecule has 0 atom stereocenters. The quantitative estimate of drug-likeness (QED) is 0.679. The highest BCUT2D eigenvalue weighted by Crippen LogP contribution is 2.17. The van der Waals surface area contributed by atoms with Gasteiger partial charge < -0.3 is 5.32 Å². The zero-order valence-corrected chi connectivity index (χ0v) is 16.9. The molecular weight excluding hydrogens is 358 g/mol. The number of nitrogens with zero attached hydrogens (tertiary/aromatic N) is 2. The summed E-state index contributed by atoms with van der Waals surface area (Å²) in [4.78, 5) is 19.4. The third-order valence-corrected chi connectivity index (χ3v) is 5.68. The number of hydrogen-bond acceptors (Lipinski definition) is 3. The molecule has 1 aliphatic heterocycles. The summed E-state index contributed by atoms with van der Waals surface area (Å²) >= 11 is 0. The molecule has 1 aliphatic rings. The fourth-order valence-corrected chi connectivity index (χ4v) is 4.06. The predicted molar refractivity (Wildman–Crippen MR) is 117 cm³/mol. The summed E-state index contributed by atoms with van der Waals surface area (Å²) in [6, 6.07) is 18.6. The standard InChI is InChI=1S/C25H29N3O/c29-24(17-23-8-5-7-22-9-6-14-26-25(22)23)27-18-20-10-12-21(13-11-20)19-28-15-3-1-2-4-16-28/h5-14H,1-4,15-19H2,(H,27,29). The molecule has 29 heavy (non-hydrogen) atoms. The lowest BCUT2D eigenvalue weighted by Crippen LogP contribution is -2.25. The number of rotatable bonds is 6. The monoisotopic (exact) mass is 387 g/mol. The fraction of sp³-hybridized carbons (Fsp3) is 0.360. The highest BCUT2D eigenvalue weighted by molar-refractivity contribution is 5.87. The second-order valence-corrected chi connectivity index (χ2v) is 7.95. The number of nitrogens with one attached hydrogen (secondary N) is 1. The average molecular weight is 388 g/mol. The number of fused-ring (bicyclic) bond motifs is 1. The van der Waals surface area contributed by atoms with Gasteiger partial charge in [-0.15, -0.1) is 0 Å². The number of carbonyl (C=O) groups is 1.